The summed E-state index contributed by atoms with van der Waals surface area (Å²) < 4.78 is -1.22. The second-order valence-corrected chi connectivity index (χ2v) is 4.59. The Morgan fingerprint density at radius 3 is 2.20 bits per heavy atom. The van der Waals surface area contributed by atoms with Crippen molar-refractivity contribution in [2.75, 3.05) is 5.88 Å². The first kappa shape index (κ1) is 10.9. The van der Waals surface area contributed by atoms with Crippen LogP contribution in [0.3, 0.4) is 0 Å². The average Bonchev–Trinajstić information content (AvgIpc) is 1.80. The Balaban J connectivity index is 3.84. The molecule has 0 saturated carbocycles. The van der Waals surface area contributed by atoms with E-state index in [9.17, 15) is 0 Å². The minimum absolute atomic E-state index is 0.101. The Hall–Kier alpha value is 0.900. The van der Waals surface area contributed by atoms with Crippen LogP contribution >= 0.6 is 46.4 Å². The van der Waals surface area contributed by atoms with Crippen LogP contribution in [0.25, 0.3) is 0 Å². The smallest absolute Gasteiger partial charge is 0.122 e. The van der Waals surface area contributed by atoms with E-state index in [1.807, 2.05) is 6.92 Å². The summed E-state index contributed by atoms with van der Waals surface area (Å²) in [5.41, 5.74) is 0. The summed E-state index contributed by atoms with van der Waals surface area (Å²) in [5, 5.41) is 0. The van der Waals surface area contributed by atoms with Crippen LogP contribution in [0.15, 0.2) is 12.2 Å². The topological polar surface area (TPSA) is 0 Å². The maximum Gasteiger partial charge on any atom is 0.196 e. The molecule has 1 atom stereocenters. The van der Waals surface area contributed by atoms with E-state index in [0.29, 0.717) is 5.88 Å². The van der Waals surface area contributed by atoms with E-state index in [1.54, 1.807) is 12.2 Å². The van der Waals surface area contributed by atoms with Gasteiger partial charge in [0.25, 0.3) is 0 Å². The van der Waals surface area contributed by atoms with E-state index in [4.69, 9.17) is 46.4 Å². The summed E-state index contributed by atoms with van der Waals surface area (Å²) in [4.78, 5) is 0. The molecule has 4 heteroatoms. The van der Waals surface area contributed by atoms with E-state index in [-0.39, 0.29) is 5.92 Å². The number of halogens is 4. The van der Waals surface area contributed by atoms with E-state index in [1.165, 1.54) is 0 Å². The van der Waals surface area contributed by atoms with Crippen molar-refractivity contribution in [3.63, 3.8) is 0 Å². The second kappa shape index (κ2) is 4.71. The molecule has 0 fully saturated rings. The standard InChI is InChI=1S/C6H8Cl4/c1-5(3-2-4-7)6(8,9)10/h2-3,5H,4H2,1H3. The van der Waals surface area contributed by atoms with E-state index in [0.717, 1.165) is 0 Å². The van der Waals surface area contributed by atoms with Crippen molar-refractivity contribution in [2.45, 2.75) is 10.7 Å². The third kappa shape index (κ3) is 4.68. The zero-order valence-corrected chi connectivity index (χ0v) is 8.47. The number of hydrogen-bond donors (Lipinski definition) is 0. The Kier molecular flexibility index (Phi) is 5.14. The summed E-state index contributed by atoms with van der Waals surface area (Å²) in [6.07, 6.45) is 3.54. The normalized spacial score (nSPS) is 16.1. The van der Waals surface area contributed by atoms with E-state index in [2.05, 4.69) is 0 Å². The first-order chi connectivity index (χ1) is 4.48. The van der Waals surface area contributed by atoms with Crippen LogP contribution in [0.2, 0.25) is 0 Å². The molecule has 1 unspecified atom stereocenters. The highest BCUT2D eigenvalue weighted by Gasteiger charge is 2.25. The minimum Gasteiger partial charge on any atom is -0.122 e. The fraction of sp³-hybridized carbons (Fsp3) is 0.667. The molecule has 0 radical (unpaired) electrons. The molecule has 0 nitrogen and oxygen atoms in total. The summed E-state index contributed by atoms with van der Waals surface area (Å²) in [5.74, 6) is 0.349. The summed E-state index contributed by atoms with van der Waals surface area (Å²) >= 11 is 22.0. The summed E-state index contributed by atoms with van der Waals surface area (Å²) in [7, 11) is 0. The van der Waals surface area contributed by atoms with Crippen molar-refractivity contribution in [2.24, 2.45) is 5.92 Å². The molecule has 0 spiro atoms. The van der Waals surface area contributed by atoms with Gasteiger partial charge < -0.3 is 0 Å². The monoisotopic (exact) mass is 220 g/mol. The summed E-state index contributed by atoms with van der Waals surface area (Å²) in [6, 6.07) is 0. The van der Waals surface area contributed by atoms with Gasteiger partial charge in [0, 0.05) is 11.8 Å². The van der Waals surface area contributed by atoms with Gasteiger partial charge in [0.05, 0.1) is 0 Å². The molecule has 0 bridgehead atoms. The van der Waals surface area contributed by atoms with Crippen molar-refractivity contribution in [3.05, 3.63) is 12.2 Å². The number of alkyl halides is 4. The average molecular weight is 222 g/mol. The highest BCUT2D eigenvalue weighted by Crippen LogP contribution is 2.35. The van der Waals surface area contributed by atoms with Gasteiger partial charge >= 0.3 is 0 Å². The first-order valence-electron chi connectivity index (χ1n) is 2.78. The van der Waals surface area contributed by atoms with Crippen molar-refractivity contribution in [1.29, 1.82) is 0 Å². The molecule has 10 heavy (non-hydrogen) atoms. The molecule has 0 aromatic rings. The highest BCUT2D eigenvalue weighted by atomic mass is 35.6. The Morgan fingerprint density at radius 1 is 1.40 bits per heavy atom. The van der Waals surface area contributed by atoms with E-state index >= 15 is 0 Å². The van der Waals surface area contributed by atoms with Gasteiger partial charge in [-0.25, -0.2) is 0 Å². The van der Waals surface area contributed by atoms with Gasteiger partial charge in [-0.1, -0.05) is 53.9 Å². The van der Waals surface area contributed by atoms with Gasteiger partial charge in [-0.2, -0.15) is 0 Å². The lowest BCUT2D eigenvalue weighted by Crippen LogP contribution is -2.12. The van der Waals surface area contributed by atoms with Gasteiger partial charge in [-0.15, -0.1) is 11.6 Å². The van der Waals surface area contributed by atoms with Gasteiger partial charge in [0.2, 0.25) is 0 Å². The van der Waals surface area contributed by atoms with Gasteiger partial charge in [0.1, 0.15) is 0 Å². The zero-order chi connectivity index (χ0) is 8.20. The largest absolute Gasteiger partial charge is 0.196 e. The highest BCUT2D eigenvalue weighted by molar-refractivity contribution is 6.67. The molecule has 60 valence electrons. The molecule has 0 aromatic carbocycles. The third-order valence-corrected chi connectivity index (χ3v) is 2.24. The first-order valence-corrected chi connectivity index (χ1v) is 4.44. The number of allylic oxidation sites excluding steroid dienone is 2. The molecule has 0 aliphatic rings. The minimum atomic E-state index is -1.22. The Labute approximate surface area is 81.1 Å². The van der Waals surface area contributed by atoms with Crippen LogP contribution in [0.5, 0.6) is 0 Å². The van der Waals surface area contributed by atoms with Crippen LogP contribution in [-0.2, 0) is 0 Å². The molecule has 0 N–H and O–H groups in total. The predicted molar refractivity (Wildman–Crippen MR) is 49.3 cm³/mol. The van der Waals surface area contributed by atoms with Crippen molar-refractivity contribution >= 4 is 46.4 Å². The third-order valence-electron chi connectivity index (χ3n) is 1.03. The molecule has 0 aliphatic heterocycles. The molecule has 0 aliphatic carbocycles. The van der Waals surface area contributed by atoms with Gasteiger partial charge in [0.15, 0.2) is 3.79 Å². The predicted octanol–water partition coefficient (Wildman–Crippen LogP) is 3.79. The lowest BCUT2D eigenvalue weighted by Gasteiger charge is -2.15. The number of hydrogen-bond acceptors (Lipinski definition) is 0. The van der Waals surface area contributed by atoms with Crippen LogP contribution in [0.1, 0.15) is 6.92 Å². The van der Waals surface area contributed by atoms with Crippen LogP contribution < -0.4 is 0 Å². The molecule has 0 rings (SSSR count). The summed E-state index contributed by atoms with van der Waals surface area (Å²) in [6.45, 7) is 1.82. The molecule has 0 amide bonds. The van der Waals surface area contributed by atoms with Crippen LogP contribution in [0, 0.1) is 5.92 Å². The fourth-order valence-corrected chi connectivity index (χ4v) is 0.686. The van der Waals surface area contributed by atoms with Gasteiger partial charge in [-0.05, 0) is 0 Å². The van der Waals surface area contributed by atoms with Gasteiger partial charge in [-0.3, -0.25) is 0 Å². The lowest BCUT2D eigenvalue weighted by molar-refractivity contribution is 0.751. The van der Waals surface area contributed by atoms with Crippen molar-refractivity contribution in [3.8, 4) is 0 Å². The molecule has 0 heterocycles. The zero-order valence-electron chi connectivity index (χ0n) is 5.45. The van der Waals surface area contributed by atoms with E-state index < -0.39 is 3.79 Å². The maximum absolute atomic E-state index is 5.56. The SMILES string of the molecule is CC(C=CCCl)C(Cl)(Cl)Cl. The van der Waals surface area contributed by atoms with Crippen molar-refractivity contribution < 1.29 is 0 Å². The molecular formula is C6H8Cl4. The lowest BCUT2D eigenvalue weighted by atomic mass is 10.2. The van der Waals surface area contributed by atoms with Crippen molar-refractivity contribution in [1.82, 2.24) is 0 Å². The Morgan fingerprint density at radius 2 is 1.90 bits per heavy atom. The molecular weight excluding hydrogens is 214 g/mol. The maximum atomic E-state index is 5.56. The molecule has 0 aromatic heterocycles. The van der Waals surface area contributed by atoms with Crippen LogP contribution in [0.4, 0.5) is 0 Å². The van der Waals surface area contributed by atoms with Crippen LogP contribution in [-0.4, -0.2) is 9.67 Å². The second-order valence-electron chi connectivity index (χ2n) is 1.91. The fourth-order valence-electron chi connectivity index (χ4n) is 0.365. The Bertz CT molecular complexity index is 113. The quantitative estimate of drug-likeness (QED) is 0.492. The molecule has 0 saturated heterocycles. The number of rotatable bonds is 2.